The van der Waals surface area contributed by atoms with Crippen molar-refractivity contribution in [2.75, 3.05) is 6.61 Å². The molecule has 3 saturated carbocycles. The van der Waals surface area contributed by atoms with Gasteiger partial charge < -0.3 is 39.0 Å². The van der Waals surface area contributed by atoms with Crippen molar-refractivity contribution in [2.24, 2.45) is 23.7 Å². The van der Waals surface area contributed by atoms with Crippen LogP contribution in [0.2, 0.25) is 0 Å². The molecule has 6 aliphatic rings. The number of esters is 1. The zero-order chi connectivity index (χ0) is 30.9. The van der Waals surface area contributed by atoms with Crippen molar-refractivity contribution in [2.45, 2.75) is 92.8 Å². The van der Waals surface area contributed by atoms with Gasteiger partial charge in [-0.1, -0.05) is 69.0 Å². The van der Waals surface area contributed by atoms with Crippen LogP contribution in [0.5, 0.6) is 0 Å². The maximum Gasteiger partial charge on any atom is 0.338 e. The molecule has 3 aliphatic carbocycles. The highest BCUT2D eigenvalue weighted by Crippen LogP contribution is 2.74. The quantitative estimate of drug-likeness (QED) is 0.259. The number of ether oxygens (including phenoxy) is 5. The lowest BCUT2D eigenvalue weighted by atomic mass is 9.54. The van der Waals surface area contributed by atoms with Gasteiger partial charge in [0.2, 0.25) is 0 Å². The fourth-order valence-electron chi connectivity index (χ4n) is 9.81. The summed E-state index contributed by atoms with van der Waals surface area (Å²) in [6, 6.07) is 18.4. The second kappa shape index (κ2) is 9.22. The van der Waals surface area contributed by atoms with Crippen molar-refractivity contribution < 1.29 is 43.8 Å². The van der Waals surface area contributed by atoms with Gasteiger partial charge in [-0.3, -0.25) is 0 Å². The number of hydrogen-bond acceptors (Lipinski definition) is 9. The second-order valence-corrected chi connectivity index (χ2v) is 14.2. The van der Waals surface area contributed by atoms with Crippen molar-refractivity contribution in [1.29, 1.82) is 0 Å². The number of carbonyl (C=O) groups is 1. The molecule has 3 bridgehead atoms. The maximum absolute atomic E-state index is 13.1. The van der Waals surface area contributed by atoms with Crippen LogP contribution in [-0.4, -0.2) is 80.7 Å². The molecule has 6 fully saturated rings. The summed E-state index contributed by atoms with van der Waals surface area (Å²) < 4.78 is 33.2. The van der Waals surface area contributed by atoms with Gasteiger partial charge in [-0.15, -0.1) is 0 Å². The minimum Gasteiger partial charge on any atom is -0.459 e. The first-order chi connectivity index (χ1) is 20.9. The van der Waals surface area contributed by atoms with Crippen LogP contribution in [0.25, 0.3) is 0 Å². The van der Waals surface area contributed by atoms with Crippen molar-refractivity contribution in [1.82, 2.24) is 0 Å². The molecule has 3 N–H and O–H groups in total. The normalized spacial score (nSPS) is 49.4. The molecule has 0 radical (unpaired) electrons. The number of hydrogen-bond donors (Lipinski definition) is 3. The highest BCUT2D eigenvalue weighted by molar-refractivity contribution is 5.89. The molecule has 234 valence electrons. The maximum atomic E-state index is 13.1. The van der Waals surface area contributed by atoms with Crippen molar-refractivity contribution >= 4 is 5.97 Å². The molecule has 2 aromatic rings. The van der Waals surface area contributed by atoms with Gasteiger partial charge in [0.05, 0.1) is 23.7 Å². The lowest BCUT2D eigenvalue weighted by Gasteiger charge is -2.60. The van der Waals surface area contributed by atoms with Crippen molar-refractivity contribution in [3.63, 3.8) is 0 Å². The smallest absolute Gasteiger partial charge is 0.338 e. The molecule has 8 rings (SSSR count). The Labute approximate surface area is 256 Å². The fourth-order valence-corrected chi connectivity index (χ4v) is 9.81. The summed E-state index contributed by atoms with van der Waals surface area (Å²) in [4.78, 5) is 13.1. The predicted molar refractivity (Wildman–Crippen MR) is 156 cm³/mol. The van der Waals surface area contributed by atoms with Gasteiger partial charge >= 0.3 is 5.97 Å². The Kier molecular flexibility index (Phi) is 6.04. The van der Waals surface area contributed by atoms with Gasteiger partial charge in [0.15, 0.2) is 5.60 Å². The standard InChI is InChI=1S/C35H40O9/c1-19(2)31-16-21(4)35-24-15-20(3)26(36)34(24,39)30(38)32(18-40-29(37)23-13-9-6-10-14-23)28(41-32)25(35)27(31)42-33(43-31,44-35)17-22-11-7-5-8-12-22/h5-14,20-21,24-28,30,36,38-39H,1,15-18H2,2-4H3/t20-,21+,24?,25?,26-,27+,28-,30+,31+,32-,33-,34+,35?/m0/s1. The highest BCUT2D eigenvalue weighted by Gasteiger charge is 2.89. The minimum absolute atomic E-state index is 0.199. The van der Waals surface area contributed by atoms with Gasteiger partial charge in [-0.05, 0) is 54.9 Å². The second-order valence-electron chi connectivity index (χ2n) is 14.2. The molecule has 9 heteroatoms. The largest absolute Gasteiger partial charge is 0.459 e. The van der Waals surface area contributed by atoms with Crippen LogP contribution in [0.3, 0.4) is 0 Å². The molecule has 3 saturated heterocycles. The molecule has 3 unspecified atom stereocenters. The molecular weight excluding hydrogens is 564 g/mol. The summed E-state index contributed by atoms with van der Waals surface area (Å²) in [5.41, 5.74) is -3.38. The zero-order valence-corrected chi connectivity index (χ0v) is 25.2. The lowest BCUT2D eigenvalue weighted by molar-refractivity contribution is -0.432. The van der Waals surface area contributed by atoms with E-state index in [2.05, 4.69) is 13.5 Å². The van der Waals surface area contributed by atoms with Gasteiger partial charge in [-0.2, -0.15) is 0 Å². The van der Waals surface area contributed by atoms with Crippen LogP contribution in [0, 0.1) is 23.7 Å². The van der Waals surface area contributed by atoms with Crippen LogP contribution < -0.4 is 0 Å². The van der Waals surface area contributed by atoms with Gasteiger partial charge in [-0.25, -0.2) is 4.79 Å². The molecule has 0 amide bonds. The highest BCUT2D eigenvalue weighted by atomic mass is 16.9. The van der Waals surface area contributed by atoms with Crippen LogP contribution in [0.15, 0.2) is 72.8 Å². The van der Waals surface area contributed by atoms with E-state index in [1.165, 1.54) is 0 Å². The third-order valence-corrected chi connectivity index (χ3v) is 11.8. The van der Waals surface area contributed by atoms with Gasteiger partial charge in [0.1, 0.15) is 36.1 Å². The number of benzene rings is 2. The average molecular weight is 605 g/mol. The molecule has 2 aromatic carbocycles. The Morgan fingerprint density at radius 3 is 2.36 bits per heavy atom. The van der Waals surface area contributed by atoms with Gasteiger partial charge in [0.25, 0.3) is 5.97 Å². The molecule has 0 spiro atoms. The van der Waals surface area contributed by atoms with Crippen molar-refractivity contribution in [3.8, 4) is 0 Å². The molecular formula is C35H40O9. The van der Waals surface area contributed by atoms with E-state index in [1.54, 1.807) is 30.3 Å². The molecule has 3 aliphatic heterocycles. The van der Waals surface area contributed by atoms with E-state index < -0.39 is 70.6 Å². The number of aliphatic hydroxyl groups excluding tert-OH is 2. The first-order valence-electron chi connectivity index (χ1n) is 15.7. The van der Waals surface area contributed by atoms with E-state index in [0.717, 1.165) is 11.1 Å². The number of rotatable bonds is 6. The summed E-state index contributed by atoms with van der Waals surface area (Å²) in [6.07, 6.45) is -2.87. The first-order valence-corrected chi connectivity index (χ1v) is 15.7. The van der Waals surface area contributed by atoms with Crippen LogP contribution in [0.1, 0.15) is 49.5 Å². The third-order valence-electron chi connectivity index (χ3n) is 11.8. The molecule has 0 aromatic heterocycles. The number of epoxide rings is 1. The summed E-state index contributed by atoms with van der Waals surface area (Å²) in [6.45, 7) is 9.94. The number of aliphatic hydroxyl groups is 3. The Morgan fingerprint density at radius 2 is 1.68 bits per heavy atom. The minimum atomic E-state index is -2.01. The number of carbonyl (C=O) groups excluding carboxylic acids is 1. The fraction of sp³-hybridized carbons (Fsp3) is 0.571. The zero-order valence-electron chi connectivity index (χ0n) is 25.2. The van der Waals surface area contributed by atoms with E-state index in [-0.39, 0.29) is 18.4 Å². The average Bonchev–Trinajstić information content (AvgIpc) is 3.64. The Hall–Kier alpha value is -2.63. The van der Waals surface area contributed by atoms with E-state index >= 15 is 0 Å². The lowest BCUT2D eigenvalue weighted by Crippen LogP contribution is -2.73. The van der Waals surface area contributed by atoms with Crippen LogP contribution in [-0.2, 0) is 30.1 Å². The van der Waals surface area contributed by atoms with Crippen LogP contribution >= 0.6 is 0 Å². The Bertz CT molecular complexity index is 1500. The predicted octanol–water partition coefficient (Wildman–Crippen LogP) is 3.16. The summed E-state index contributed by atoms with van der Waals surface area (Å²) in [5, 5.41) is 36.5. The topological polar surface area (TPSA) is 127 Å². The monoisotopic (exact) mass is 604 g/mol. The Balaban J connectivity index is 1.26. The molecule has 13 atom stereocenters. The van der Waals surface area contributed by atoms with E-state index in [9.17, 15) is 20.1 Å². The summed E-state index contributed by atoms with van der Waals surface area (Å²) >= 11 is 0. The first kappa shape index (κ1) is 28.8. The van der Waals surface area contributed by atoms with E-state index in [1.807, 2.05) is 44.2 Å². The summed E-state index contributed by atoms with van der Waals surface area (Å²) in [7, 11) is 0. The molecule has 3 heterocycles. The van der Waals surface area contributed by atoms with Crippen molar-refractivity contribution in [3.05, 3.63) is 83.9 Å². The van der Waals surface area contributed by atoms with E-state index in [0.29, 0.717) is 24.8 Å². The Morgan fingerprint density at radius 1 is 1.00 bits per heavy atom. The SMILES string of the molecule is C=C(C)[C@]12C[C@@H](C)C34O[C@@](Cc5ccccc5)(O[C@@H]1C3[C@@H]1O[C@]1(COC(=O)c1ccccc1)[C@@H](O)[C@@]1(O)C4C[C@H](C)[C@@H]1O)O2. The molecule has 9 nitrogen and oxygen atoms in total. The summed E-state index contributed by atoms with van der Waals surface area (Å²) in [5.74, 6) is -3.79. The van der Waals surface area contributed by atoms with Crippen LogP contribution in [0.4, 0.5) is 0 Å². The van der Waals surface area contributed by atoms with E-state index in [4.69, 9.17) is 23.7 Å². The number of fused-ring (bicyclic) bond motifs is 3. The molecule has 44 heavy (non-hydrogen) atoms. The third kappa shape index (κ3) is 3.46. The van der Waals surface area contributed by atoms with Gasteiger partial charge in [0, 0.05) is 11.8 Å².